The molecule has 0 amide bonds. The predicted octanol–water partition coefficient (Wildman–Crippen LogP) is -13.0. The summed E-state index contributed by atoms with van der Waals surface area (Å²) in [5.41, 5.74) is -20.0. The zero-order chi connectivity index (χ0) is 35.7. The molecule has 1 aromatic carbocycles. The van der Waals surface area contributed by atoms with Crippen LogP contribution in [0, 0.1) is 0 Å². The van der Waals surface area contributed by atoms with Crippen molar-refractivity contribution in [3.8, 4) is 23.0 Å². The third-order valence-corrected chi connectivity index (χ3v) is 7.35. The molecule has 1 aromatic rings. The topological polar surface area (TPSA) is 484 Å². The summed E-state index contributed by atoms with van der Waals surface area (Å²) in [6, 6.07) is 0. The lowest BCUT2D eigenvalue weighted by Gasteiger charge is -2.63. The van der Waals surface area contributed by atoms with E-state index in [2.05, 4.69) is 9.47 Å². The van der Waals surface area contributed by atoms with Crippen molar-refractivity contribution in [2.45, 2.75) is 58.3 Å². The highest BCUT2D eigenvalue weighted by Gasteiger charge is 2.87. The molecule has 26 nitrogen and oxygen atoms in total. The minimum atomic E-state index is -5.77. The summed E-state index contributed by atoms with van der Waals surface area (Å²) in [5.74, 6) is -42.6. The summed E-state index contributed by atoms with van der Waals surface area (Å²) >= 11 is 0. The van der Waals surface area contributed by atoms with Crippen LogP contribution in [0.1, 0.15) is 11.1 Å². The number of hydrogen-bond acceptors (Lipinski definition) is 26. The van der Waals surface area contributed by atoms with E-state index in [9.17, 15) is 117 Å². The van der Waals surface area contributed by atoms with E-state index in [0.717, 1.165) is 0 Å². The SMILES string of the molecule is COc1c(O)c2c(c(O)c1OC(O)(O)O)C1(O)N(CC(O)(C(O)(O)C(O)(C(O)(O)O)C(O)(O)O)C(=O)C1(O)O)C(O)(O)C2(O)O. The fraction of sp³-hybridized carbons (Fsp3) is 0.632. The Labute approximate surface area is 244 Å². The van der Waals surface area contributed by atoms with Crippen molar-refractivity contribution >= 4 is 5.78 Å². The largest absolute Gasteiger partial charge is 0.504 e. The van der Waals surface area contributed by atoms with Crippen molar-refractivity contribution in [3.05, 3.63) is 11.1 Å². The molecule has 1 fully saturated rings. The molecule has 0 radical (unpaired) electrons. The molecule has 0 aromatic heterocycles. The van der Waals surface area contributed by atoms with Crippen LogP contribution < -0.4 is 9.47 Å². The van der Waals surface area contributed by atoms with Crippen LogP contribution in [0.25, 0.3) is 0 Å². The number of aromatic hydroxyl groups is 2. The lowest BCUT2D eigenvalue weighted by molar-refractivity contribution is -0.558. The normalized spacial score (nSPS) is 27.1. The van der Waals surface area contributed by atoms with Crippen LogP contribution in [0.4, 0.5) is 0 Å². The maximum Gasteiger partial charge on any atom is 0.453 e. The van der Waals surface area contributed by atoms with E-state index in [-0.39, 0.29) is 0 Å². The van der Waals surface area contributed by atoms with Crippen molar-refractivity contribution in [1.29, 1.82) is 0 Å². The van der Waals surface area contributed by atoms with E-state index in [1.807, 2.05) is 0 Å². The third kappa shape index (κ3) is 4.18. The molecule has 2 aliphatic rings. The zero-order valence-electron chi connectivity index (χ0n) is 21.7. The summed E-state index contributed by atoms with van der Waals surface area (Å²) in [7, 11) is 0.551. The maximum absolute atomic E-state index is 13.3. The fourth-order valence-corrected chi connectivity index (χ4v) is 5.09. The van der Waals surface area contributed by atoms with Gasteiger partial charge in [-0.15, -0.1) is 0 Å². The van der Waals surface area contributed by atoms with E-state index in [1.54, 1.807) is 0 Å². The van der Waals surface area contributed by atoms with Gasteiger partial charge in [-0.25, -0.2) is 4.90 Å². The average molecular weight is 669 g/mol. The van der Waals surface area contributed by atoms with Gasteiger partial charge in [-0.2, -0.15) is 0 Å². The first-order valence-corrected chi connectivity index (χ1v) is 11.3. The summed E-state index contributed by atoms with van der Waals surface area (Å²) in [4.78, 5) is 12.1. The highest BCUT2D eigenvalue weighted by Crippen LogP contribution is 2.64. The summed E-state index contributed by atoms with van der Waals surface area (Å²) in [6.45, 7) is -2.83. The minimum Gasteiger partial charge on any atom is -0.504 e. The number of nitrogens with zero attached hydrogens (tertiary/aromatic N) is 1. The number of phenols is 2. The van der Waals surface area contributed by atoms with E-state index < -0.39 is 110 Å². The highest BCUT2D eigenvalue weighted by molar-refractivity contribution is 5.97. The van der Waals surface area contributed by atoms with E-state index in [1.165, 1.54) is 0 Å². The van der Waals surface area contributed by atoms with Crippen LogP contribution in [0.15, 0.2) is 0 Å². The van der Waals surface area contributed by atoms with Crippen LogP contribution in [0.2, 0.25) is 0 Å². The molecular formula is C19H27NO25. The summed E-state index contributed by atoms with van der Waals surface area (Å²) in [5, 5.41) is 224. The van der Waals surface area contributed by atoms with Gasteiger partial charge >= 0.3 is 18.1 Å². The van der Waals surface area contributed by atoms with Crippen LogP contribution in [0.3, 0.4) is 0 Å². The van der Waals surface area contributed by atoms with Crippen molar-refractivity contribution in [1.82, 2.24) is 4.90 Å². The molecule has 2 unspecified atom stereocenters. The van der Waals surface area contributed by atoms with E-state index >= 15 is 0 Å². The smallest absolute Gasteiger partial charge is 0.453 e. The van der Waals surface area contributed by atoms with Gasteiger partial charge < -0.3 is 122 Å². The molecule has 26 heteroatoms. The number of Topliss-reactive ketones (excluding diaryl/α,β-unsaturated/α-hetero) is 1. The van der Waals surface area contributed by atoms with Gasteiger partial charge in [0, 0.05) is 6.54 Å². The zero-order valence-corrected chi connectivity index (χ0v) is 21.7. The second-order valence-electron chi connectivity index (χ2n) is 10.1. The van der Waals surface area contributed by atoms with Crippen molar-refractivity contribution in [2.75, 3.05) is 13.7 Å². The highest BCUT2D eigenvalue weighted by atomic mass is 16.9. The Morgan fingerprint density at radius 2 is 1.09 bits per heavy atom. The Kier molecular flexibility index (Phi) is 7.68. The molecule has 2 aliphatic heterocycles. The molecule has 0 spiro atoms. The number of phenolic OH excluding ortho intramolecular Hbond substituents is 2. The van der Waals surface area contributed by atoms with Crippen LogP contribution in [-0.2, 0) is 16.3 Å². The van der Waals surface area contributed by atoms with E-state index in [0.29, 0.717) is 7.11 Å². The number of rotatable bonds is 7. The van der Waals surface area contributed by atoms with Gasteiger partial charge in [0.05, 0.1) is 18.2 Å². The number of hydrogen-bond donors (Lipinski definition) is 22. The maximum atomic E-state index is 13.3. The Morgan fingerprint density at radius 3 is 1.47 bits per heavy atom. The fourth-order valence-electron chi connectivity index (χ4n) is 5.09. The van der Waals surface area contributed by atoms with Crippen molar-refractivity contribution in [3.63, 3.8) is 0 Å². The monoisotopic (exact) mass is 669 g/mol. The third-order valence-electron chi connectivity index (χ3n) is 7.35. The number of carbonyl (C=O) groups excluding carboxylic acids is 1. The number of piperidine rings is 1. The Bertz CT molecular complexity index is 1380. The molecule has 0 bridgehead atoms. The predicted molar refractivity (Wildman–Crippen MR) is 118 cm³/mol. The van der Waals surface area contributed by atoms with Gasteiger partial charge in [-0.05, 0) is 0 Å². The van der Waals surface area contributed by atoms with Gasteiger partial charge in [-0.1, -0.05) is 0 Å². The minimum absolute atomic E-state index is 0.551. The van der Waals surface area contributed by atoms with Crippen LogP contribution >= 0.6 is 0 Å². The molecule has 0 saturated carbocycles. The molecule has 22 N–H and O–H groups in total. The second kappa shape index (κ2) is 9.41. The van der Waals surface area contributed by atoms with Crippen LogP contribution in [0.5, 0.6) is 23.0 Å². The first-order valence-electron chi connectivity index (χ1n) is 11.3. The molecule has 1 saturated heterocycles. The number of methoxy groups -OCH3 is 1. The molecule has 2 atom stereocenters. The first kappa shape index (κ1) is 36.7. The number of aliphatic hydroxyl groups is 20. The molecular weight excluding hydrogens is 642 g/mol. The van der Waals surface area contributed by atoms with Gasteiger partial charge in [0.15, 0.2) is 17.1 Å². The lowest BCUT2D eigenvalue weighted by atomic mass is 9.64. The van der Waals surface area contributed by atoms with Gasteiger partial charge in [0.25, 0.3) is 23.1 Å². The number of carbonyl (C=O) groups is 1. The molecule has 3 rings (SSSR count). The Balaban J connectivity index is 2.57. The average Bonchev–Trinajstić information content (AvgIpc) is 2.83. The summed E-state index contributed by atoms with van der Waals surface area (Å²) < 4.78 is 8.63. The van der Waals surface area contributed by atoms with Crippen LogP contribution in [-0.4, -0.2) is 183 Å². The molecule has 0 aliphatic carbocycles. The van der Waals surface area contributed by atoms with Gasteiger partial charge in [-0.3, -0.25) is 4.79 Å². The number of ether oxygens (including phenoxy) is 2. The number of fused-ring (bicyclic) bond motifs is 3. The van der Waals surface area contributed by atoms with E-state index in [4.69, 9.17) is 0 Å². The molecule has 2 heterocycles. The Hall–Kier alpha value is -2.75. The summed E-state index contributed by atoms with van der Waals surface area (Å²) in [6.07, 6.45) is -4.39. The van der Waals surface area contributed by atoms with Gasteiger partial charge in [0.1, 0.15) is 0 Å². The molecule has 258 valence electrons. The Morgan fingerprint density at radius 1 is 0.667 bits per heavy atom. The number of ketones is 1. The van der Waals surface area contributed by atoms with Gasteiger partial charge in [0.2, 0.25) is 28.8 Å². The van der Waals surface area contributed by atoms with Crippen molar-refractivity contribution in [2.24, 2.45) is 0 Å². The first-order chi connectivity index (χ1) is 19.6. The van der Waals surface area contributed by atoms with Crippen molar-refractivity contribution < 1.29 is 127 Å². The number of benzene rings is 1. The second-order valence-corrected chi connectivity index (χ2v) is 10.1. The standard InChI is InChI=1S/C19H27NO25/c1-44-7-6(22)4-3(5(21)8(7)45-19(41,42)43)11(25)13(28,29)9(23)10(24,2-20(11)16(33,34)12(4,26)27)15(31,32)14(30,17(35,36)37)18(38,39)40/h21-22,24-43H,2H2,1H3. The quantitative estimate of drug-likeness (QED) is 0.0946. The molecule has 45 heavy (non-hydrogen) atoms. The lowest BCUT2D eigenvalue weighted by Crippen LogP contribution is -2.92.